The standard InChI is InChI=1S/C22H26N4O3S/c1-2-18(26-12-11-16-7-3-4-8-17(16)15-26)13-23-21(27)14-24-22-19-9-5-6-10-20(19)30(28,29)25-22/h3-10,18H,2,11-15H2,1H3,(H,23,27)(H,24,25). The fraction of sp³-hybridized carbons (Fsp3) is 0.364. The van der Waals surface area contributed by atoms with E-state index in [4.69, 9.17) is 0 Å². The van der Waals surface area contributed by atoms with Gasteiger partial charge in [0.05, 0.1) is 4.90 Å². The highest BCUT2D eigenvalue weighted by Gasteiger charge is 2.30. The summed E-state index contributed by atoms with van der Waals surface area (Å²) in [7, 11) is -3.59. The van der Waals surface area contributed by atoms with Crippen LogP contribution in [0.15, 0.2) is 58.4 Å². The van der Waals surface area contributed by atoms with Gasteiger partial charge in [-0.05, 0) is 36.1 Å². The highest BCUT2D eigenvalue weighted by Crippen LogP contribution is 2.22. The maximum atomic E-state index is 12.4. The van der Waals surface area contributed by atoms with Gasteiger partial charge in [-0.25, -0.2) is 8.42 Å². The molecule has 4 rings (SSSR count). The Labute approximate surface area is 177 Å². The maximum Gasteiger partial charge on any atom is 0.263 e. The summed E-state index contributed by atoms with van der Waals surface area (Å²) in [4.78, 5) is 19.2. The van der Waals surface area contributed by atoms with Crippen molar-refractivity contribution in [1.29, 1.82) is 0 Å². The topological polar surface area (TPSA) is 90.9 Å². The Morgan fingerprint density at radius 2 is 1.90 bits per heavy atom. The van der Waals surface area contributed by atoms with E-state index in [-0.39, 0.29) is 29.2 Å². The molecule has 2 aromatic rings. The van der Waals surface area contributed by atoms with Crippen molar-refractivity contribution in [3.8, 4) is 0 Å². The molecule has 1 amide bonds. The summed E-state index contributed by atoms with van der Waals surface area (Å²) in [6.07, 6.45) is 1.96. The number of hydrogen-bond acceptors (Lipinski definition) is 5. The van der Waals surface area contributed by atoms with Crippen molar-refractivity contribution in [2.75, 3.05) is 19.6 Å². The molecule has 0 radical (unpaired) electrons. The van der Waals surface area contributed by atoms with E-state index >= 15 is 0 Å². The summed E-state index contributed by atoms with van der Waals surface area (Å²) >= 11 is 0. The second-order valence-corrected chi connectivity index (χ2v) is 9.27. The molecule has 2 aliphatic rings. The van der Waals surface area contributed by atoms with Crippen LogP contribution in [0, 0.1) is 0 Å². The Kier molecular flexibility index (Phi) is 5.87. The lowest BCUT2D eigenvalue weighted by molar-refractivity contribution is -0.119. The van der Waals surface area contributed by atoms with Crippen LogP contribution in [-0.2, 0) is 27.8 Å². The lowest BCUT2D eigenvalue weighted by atomic mass is 9.98. The van der Waals surface area contributed by atoms with Gasteiger partial charge in [-0.2, -0.15) is 0 Å². The van der Waals surface area contributed by atoms with E-state index in [0.717, 1.165) is 25.9 Å². The van der Waals surface area contributed by atoms with Crippen molar-refractivity contribution in [2.24, 2.45) is 4.99 Å². The summed E-state index contributed by atoms with van der Waals surface area (Å²) < 4.78 is 26.7. The zero-order chi connectivity index (χ0) is 21.1. The van der Waals surface area contributed by atoms with Gasteiger partial charge in [0.15, 0.2) is 0 Å². The molecule has 0 bridgehead atoms. The van der Waals surface area contributed by atoms with E-state index in [2.05, 4.69) is 51.1 Å². The first kappa shape index (κ1) is 20.6. The van der Waals surface area contributed by atoms with Gasteiger partial charge in [-0.3, -0.25) is 19.4 Å². The number of nitrogens with one attached hydrogen (secondary N) is 2. The SMILES string of the molecule is CCC(CNC(=O)CN=C1NS(=O)(=O)c2ccccc21)N1CCc2ccccc2C1. The molecule has 2 N–H and O–H groups in total. The number of carbonyl (C=O) groups excluding carboxylic acids is 1. The molecule has 2 aliphatic heterocycles. The summed E-state index contributed by atoms with van der Waals surface area (Å²) in [6, 6.07) is 15.4. The molecule has 0 spiro atoms. The molecule has 0 saturated heterocycles. The Balaban J connectivity index is 1.34. The van der Waals surface area contributed by atoms with Gasteiger partial charge in [0, 0.05) is 31.2 Å². The van der Waals surface area contributed by atoms with E-state index in [1.165, 1.54) is 17.2 Å². The van der Waals surface area contributed by atoms with Gasteiger partial charge < -0.3 is 5.32 Å². The number of benzene rings is 2. The first-order valence-corrected chi connectivity index (χ1v) is 11.7. The lowest BCUT2D eigenvalue weighted by Crippen LogP contribution is -2.46. The fourth-order valence-corrected chi connectivity index (χ4v) is 5.30. The van der Waals surface area contributed by atoms with Gasteiger partial charge in [-0.15, -0.1) is 0 Å². The van der Waals surface area contributed by atoms with Crippen molar-refractivity contribution in [2.45, 2.75) is 37.2 Å². The molecule has 2 aromatic carbocycles. The van der Waals surface area contributed by atoms with Crippen molar-refractivity contribution in [3.63, 3.8) is 0 Å². The summed E-state index contributed by atoms with van der Waals surface area (Å²) in [6.45, 7) is 4.43. The number of amides is 1. The van der Waals surface area contributed by atoms with Crippen LogP contribution < -0.4 is 10.0 Å². The average molecular weight is 427 g/mol. The third-order valence-electron chi connectivity index (χ3n) is 5.73. The third-order valence-corrected chi connectivity index (χ3v) is 7.12. The van der Waals surface area contributed by atoms with Gasteiger partial charge >= 0.3 is 0 Å². The molecule has 0 saturated carbocycles. The van der Waals surface area contributed by atoms with E-state index in [1.807, 2.05) is 0 Å². The minimum absolute atomic E-state index is 0.120. The Hall–Kier alpha value is -2.71. The molecule has 1 atom stereocenters. The zero-order valence-corrected chi connectivity index (χ0v) is 17.8. The number of sulfonamides is 1. The zero-order valence-electron chi connectivity index (χ0n) is 17.0. The number of carbonyl (C=O) groups is 1. The van der Waals surface area contributed by atoms with Gasteiger partial charge in [0.2, 0.25) is 5.91 Å². The van der Waals surface area contributed by atoms with Gasteiger partial charge in [-0.1, -0.05) is 43.3 Å². The normalized spacial score (nSPS) is 19.6. The molecule has 30 heavy (non-hydrogen) atoms. The van der Waals surface area contributed by atoms with E-state index in [0.29, 0.717) is 12.1 Å². The number of amidine groups is 1. The number of hydrogen-bond donors (Lipinski definition) is 2. The molecule has 0 aliphatic carbocycles. The van der Waals surface area contributed by atoms with Crippen LogP contribution >= 0.6 is 0 Å². The molecule has 0 fully saturated rings. The lowest BCUT2D eigenvalue weighted by Gasteiger charge is -2.35. The van der Waals surface area contributed by atoms with Gasteiger partial charge in [0.1, 0.15) is 12.4 Å². The van der Waals surface area contributed by atoms with Crippen LogP contribution in [0.2, 0.25) is 0 Å². The summed E-state index contributed by atoms with van der Waals surface area (Å²) in [5.74, 6) is 0.00219. The van der Waals surface area contributed by atoms with Crippen LogP contribution in [0.4, 0.5) is 0 Å². The minimum Gasteiger partial charge on any atom is -0.353 e. The molecule has 158 valence electrons. The highest BCUT2D eigenvalue weighted by atomic mass is 32.2. The van der Waals surface area contributed by atoms with Crippen molar-refractivity contribution in [3.05, 3.63) is 65.2 Å². The number of fused-ring (bicyclic) bond motifs is 2. The number of rotatable bonds is 6. The minimum atomic E-state index is -3.59. The average Bonchev–Trinajstić information content (AvgIpc) is 3.03. The van der Waals surface area contributed by atoms with Crippen molar-refractivity contribution >= 4 is 21.8 Å². The molecule has 7 nitrogen and oxygen atoms in total. The number of aliphatic imine (C=N–C) groups is 1. The van der Waals surface area contributed by atoms with Crippen molar-refractivity contribution < 1.29 is 13.2 Å². The van der Waals surface area contributed by atoms with Crippen LogP contribution in [0.5, 0.6) is 0 Å². The fourth-order valence-electron chi connectivity index (χ4n) is 4.05. The predicted octanol–water partition coefficient (Wildman–Crippen LogP) is 1.68. The maximum absolute atomic E-state index is 12.4. The Bertz CT molecular complexity index is 1080. The first-order valence-electron chi connectivity index (χ1n) is 10.2. The smallest absolute Gasteiger partial charge is 0.263 e. The Morgan fingerprint density at radius 3 is 2.70 bits per heavy atom. The molecular weight excluding hydrogens is 400 g/mol. The van der Waals surface area contributed by atoms with Crippen LogP contribution in [0.25, 0.3) is 0 Å². The highest BCUT2D eigenvalue weighted by molar-refractivity contribution is 7.90. The van der Waals surface area contributed by atoms with E-state index < -0.39 is 10.0 Å². The number of nitrogens with zero attached hydrogens (tertiary/aromatic N) is 2. The second kappa shape index (κ2) is 8.57. The molecule has 0 aromatic heterocycles. The van der Waals surface area contributed by atoms with E-state index in [1.54, 1.807) is 18.2 Å². The summed E-state index contributed by atoms with van der Waals surface area (Å²) in [5.41, 5.74) is 3.26. The second-order valence-electron chi connectivity index (χ2n) is 7.62. The molecule has 1 unspecified atom stereocenters. The van der Waals surface area contributed by atoms with Crippen molar-refractivity contribution in [1.82, 2.24) is 14.9 Å². The van der Waals surface area contributed by atoms with Crippen LogP contribution in [-0.4, -0.2) is 50.7 Å². The third kappa shape index (κ3) is 4.24. The van der Waals surface area contributed by atoms with Crippen LogP contribution in [0.3, 0.4) is 0 Å². The molecular formula is C22H26N4O3S. The van der Waals surface area contributed by atoms with Crippen LogP contribution in [0.1, 0.15) is 30.0 Å². The largest absolute Gasteiger partial charge is 0.353 e. The summed E-state index contributed by atoms with van der Waals surface area (Å²) in [5, 5.41) is 2.96. The quantitative estimate of drug-likeness (QED) is 0.735. The molecule has 2 heterocycles. The monoisotopic (exact) mass is 426 g/mol. The predicted molar refractivity (Wildman–Crippen MR) is 116 cm³/mol. The first-order chi connectivity index (χ1) is 14.5. The Morgan fingerprint density at radius 1 is 1.17 bits per heavy atom. The van der Waals surface area contributed by atoms with Gasteiger partial charge in [0.25, 0.3) is 10.0 Å². The molecule has 8 heteroatoms. The van der Waals surface area contributed by atoms with E-state index in [9.17, 15) is 13.2 Å².